The molecule has 0 spiro atoms. The third-order valence-corrected chi connectivity index (χ3v) is 6.52. The van der Waals surface area contributed by atoms with Crippen molar-refractivity contribution in [3.63, 3.8) is 0 Å². The lowest BCUT2D eigenvalue weighted by Crippen LogP contribution is -2.22. The van der Waals surface area contributed by atoms with Crippen LogP contribution in [-0.2, 0) is 0 Å². The molecule has 0 saturated carbocycles. The molecule has 1 aromatic heterocycles. The normalized spacial score (nSPS) is 28.1. The van der Waals surface area contributed by atoms with Crippen LogP contribution < -0.4 is 0 Å². The Morgan fingerprint density at radius 1 is 1.05 bits per heavy atom. The minimum absolute atomic E-state index is 0.508. The van der Waals surface area contributed by atoms with E-state index in [9.17, 15) is 0 Å². The van der Waals surface area contributed by atoms with E-state index in [4.69, 9.17) is 4.98 Å². The fourth-order valence-corrected chi connectivity index (χ4v) is 4.65. The Morgan fingerprint density at radius 3 is 2.23 bits per heavy atom. The summed E-state index contributed by atoms with van der Waals surface area (Å²) in [6, 6.07) is 0. The van der Waals surface area contributed by atoms with E-state index in [0.29, 0.717) is 28.9 Å². The molecular weight excluding hydrogens is 286 g/mol. The van der Waals surface area contributed by atoms with Crippen LogP contribution in [0.2, 0.25) is 0 Å². The number of hydrogen-bond donors (Lipinski definition) is 0. The highest BCUT2D eigenvalue weighted by Crippen LogP contribution is 2.45. The van der Waals surface area contributed by atoms with E-state index in [2.05, 4.69) is 67.0 Å². The van der Waals surface area contributed by atoms with E-state index in [1.807, 2.05) is 11.8 Å². The second-order valence-corrected chi connectivity index (χ2v) is 8.71. The van der Waals surface area contributed by atoms with Crippen molar-refractivity contribution in [1.82, 2.24) is 4.98 Å². The molecule has 0 aromatic carbocycles. The zero-order valence-corrected chi connectivity index (χ0v) is 16.2. The topological polar surface area (TPSA) is 12.9 Å². The number of allylic oxidation sites excluding steroid dienone is 1. The maximum absolute atomic E-state index is 4.76. The molecular formula is C20H31NS. The Balaban J connectivity index is 2.80. The second kappa shape index (κ2) is 6.78. The number of rotatable bonds is 2. The molecule has 1 aliphatic heterocycles. The first-order valence-corrected chi connectivity index (χ1v) is 9.55. The van der Waals surface area contributed by atoms with E-state index in [0.717, 1.165) is 0 Å². The van der Waals surface area contributed by atoms with E-state index < -0.39 is 0 Å². The highest BCUT2D eigenvalue weighted by molar-refractivity contribution is 8.02. The summed E-state index contributed by atoms with van der Waals surface area (Å²) in [4.78, 5) is 4.76. The molecule has 0 saturated heterocycles. The zero-order valence-electron chi connectivity index (χ0n) is 15.4. The van der Waals surface area contributed by atoms with Crippen molar-refractivity contribution in [3.8, 4) is 0 Å². The van der Waals surface area contributed by atoms with E-state index in [1.165, 1.54) is 28.0 Å². The molecule has 0 amide bonds. The van der Waals surface area contributed by atoms with Gasteiger partial charge in [-0.05, 0) is 58.3 Å². The fraction of sp³-hybridized carbons (Fsp3) is 0.650. The maximum Gasteiger partial charge on any atom is 0.0413 e. The Morgan fingerprint density at radius 2 is 1.68 bits per heavy atom. The number of hydrogen-bond acceptors (Lipinski definition) is 2. The van der Waals surface area contributed by atoms with Gasteiger partial charge in [0.2, 0.25) is 0 Å². The number of aromatic nitrogens is 1. The van der Waals surface area contributed by atoms with Crippen molar-refractivity contribution in [2.24, 2.45) is 11.8 Å². The lowest BCUT2D eigenvalue weighted by atomic mass is 9.77. The van der Waals surface area contributed by atoms with Gasteiger partial charge in [0.25, 0.3) is 0 Å². The van der Waals surface area contributed by atoms with Gasteiger partial charge in [0, 0.05) is 17.1 Å². The molecule has 0 aliphatic carbocycles. The molecule has 3 atom stereocenters. The Kier molecular flexibility index (Phi) is 5.42. The van der Waals surface area contributed by atoms with Crippen LogP contribution in [0.5, 0.6) is 0 Å². The standard InChI is InChI=1S/C20H31NS/c1-11(2)17-9-21-15(7)19-14(6)13(5)16(8)22-10-18(12(3)4)20(17)19/h9-14,16H,1-8H3/b18-10-/t13-,14+,16-/m0/s1. The summed E-state index contributed by atoms with van der Waals surface area (Å²) in [6.07, 6.45) is 2.11. The molecule has 1 aliphatic rings. The van der Waals surface area contributed by atoms with Gasteiger partial charge in [-0.25, -0.2) is 0 Å². The highest BCUT2D eigenvalue weighted by atomic mass is 32.2. The predicted molar refractivity (Wildman–Crippen MR) is 101 cm³/mol. The molecule has 22 heavy (non-hydrogen) atoms. The van der Waals surface area contributed by atoms with E-state index in [1.54, 1.807) is 0 Å². The van der Waals surface area contributed by atoms with Crippen molar-refractivity contribution in [3.05, 3.63) is 34.0 Å². The summed E-state index contributed by atoms with van der Waals surface area (Å²) in [6.45, 7) is 18.5. The van der Waals surface area contributed by atoms with Gasteiger partial charge in [-0.3, -0.25) is 4.98 Å². The average Bonchev–Trinajstić information content (AvgIpc) is 2.44. The SMILES string of the molecule is Cc1ncc(C(C)C)c2c1[C@H](C)[C@H](C)[C@H](C)S/C=C\2C(C)C. The van der Waals surface area contributed by atoms with E-state index >= 15 is 0 Å². The molecule has 0 fully saturated rings. The number of aryl methyl sites for hydroxylation is 1. The van der Waals surface area contributed by atoms with E-state index in [-0.39, 0.29) is 0 Å². The summed E-state index contributed by atoms with van der Waals surface area (Å²) >= 11 is 2.01. The van der Waals surface area contributed by atoms with Gasteiger partial charge in [-0.15, -0.1) is 11.8 Å². The first-order chi connectivity index (χ1) is 10.3. The highest BCUT2D eigenvalue weighted by Gasteiger charge is 2.30. The summed E-state index contributed by atoms with van der Waals surface area (Å²) in [5, 5.41) is 3.07. The molecule has 1 nitrogen and oxygen atoms in total. The zero-order chi connectivity index (χ0) is 16.6. The van der Waals surface area contributed by atoms with Gasteiger partial charge < -0.3 is 0 Å². The Hall–Kier alpha value is -0.760. The predicted octanol–water partition coefficient (Wildman–Crippen LogP) is 6.39. The van der Waals surface area contributed by atoms with Crippen LogP contribution in [0.1, 0.15) is 82.7 Å². The van der Waals surface area contributed by atoms with Gasteiger partial charge in [0.05, 0.1) is 0 Å². The largest absolute Gasteiger partial charge is 0.261 e. The van der Waals surface area contributed by atoms with Crippen molar-refractivity contribution in [2.45, 2.75) is 72.5 Å². The van der Waals surface area contributed by atoms with Gasteiger partial charge in [0.1, 0.15) is 0 Å². The fourth-order valence-electron chi connectivity index (χ4n) is 3.41. The van der Waals surface area contributed by atoms with Gasteiger partial charge in [-0.2, -0.15) is 0 Å². The second-order valence-electron chi connectivity index (χ2n) is 7.46. The maximum atomic E-state index is 4.76. The first-order valence-electron chi connectivity index (χ1n) is 8.60. The molecule has 0 bridgehead atoms. The van der Waals surface area contributed by atoms with Gasteiger partial charge in [0.15, 0.2) is 0 Å². The van der Waals surface area contributed by atoms with Crippen LogP contribution >= 0.6 is 11.8 Å². The molecule has 0 radical (unpaired) electrons. The molecule has 122 valence electrons. The summed E-state index contributed by atoms with van der Waals surface area (Å²) < 4.78 is 0. The number of fused-ring (bicyclic) bond motifs is 1. The Labute approximate surface area is 141 Å². The minimum Gasteiger partial charge on any atom is -0.261 e. The number of pyridine rings is 1. The molecule has 2 heterocycles. The lowest BCUT2D eigenvalue weighted by molar-refractivity contribution is 0.479. The number of thioether (sulfide) groups is 1. The third-order valence-electron chi connectivity index (χ3n) is 5.27. The molecule has 0 unspecified atom stereocenters. The average molecular weight is 318 g/mol. The lowest BCUT2D eigenvalue weighted by Gasteiger charge is -2.33. The van der Waals surface area contributed by atoms with Crippen molar-refractivity contribution in [2.75, 3.05) is 0 Å². The number of nitrogens with zero attached hydrogens (tertiary/aromatic N) is 1. The van der Waals surface area contributed by atoms with Crippen molar-refractivity contribution in [1.29, 1.82) is 0 Å². The quantitative estimate of drug-likeness (QED) is 0.627. The van der Waals surface area contributed by atoms with Crippen LogP contribution in [0.3, 0.4) is 0 Å². The van der Waals surface area contributed by atoms with Crippen LogP contribution in [-0.4, -0.2) is 10.2 Å². The van der Waals surface area contributed by atoms with Gasteiger partial charge in [-0.1, -0.05) is 48.5 Å². The van der Waals surface area contributed by atoms with Crippen LogP contribution in [0, 0.1) is 18.8 Å². The first kappa shape index (κ1) is 17.6. The Bertz CT molecular complexity index is 571. The van der Waals surface area contributed by atoms with Crippen molar-refractivity contribution >= 4 is 17.3 Å². The summed E-state index contributed by atoms with van der Waals surface area (Å²) in [7, 11) is 0. The molecule has 0 N–H and O–H groups in total. The minimum atomic E-state index is 0.508. The third kappa shape index (κ3) is 3.13. The molecule has 2 rings (SSSR count). The summed E-state index contributed by atoms with van der Waals surface area (Å²) in [5.41, 5.74) is 7.11. The van der Waals surface area contributed by atoms with Gasteiger partial charge >= 0.3 is 0 Å². The van der Waals surface area contributed by atoms with Crippen molar-refractivity contribution < 1.29 is 0 Å². The summed E-state index contributed by atoms with van der Waals surface area (Å²) in [5.74, 6) is 2.24. The smallest absolute Gasteiger partial charge is 0.0413 e. The van der Waals surface area contributed by atoms with Crippen LogP contribution in [0.15, 0.2) is 11.6 Å². The monoisotopic (exact) mass is 317 g/mol. The molecule has 1 aromatic rings. The molecule has 2 heteroatoms. The van der Waals surface area contributed by atoms with Crippen LogP contribution in [0.25, 0.3) is 5.57 Å². The van der Waals surface area contributed by atoms with Crippen LogP contribution in [0.4, 0.5) is 0 Å².